The van der Waals surface area contributed by atoms with E-state index >= 15 is 0 Å². The monoisotopic (exact) mass is 649 g/mol. The summed E-state index contributed by atoms with van der Waals surface area (Å²) in [7, 11) is -2.52. The van der Waals surface area contributed by atoms with E-state index in [0.29, 0.717) is 24.4 Å². The number of ether oxygens (including phenoxy) is 1. The summed E-state index contributed by atoms with van der Waals surface area (Å²) in [5.41, 5.74) is 1.11. The zero-order valence-electron chi connectivity index (χ0n) is 21.6. The Kier molecular flexibility index (Phi) is 10.5. The number of methoxy groups -OCH3 is 1. The van der Waals surface area contributed by atoms with Crippen LogP contribution in [-0.4, -0.2) is 51.4 Å². The second-order valence-corrected chi connectivity index (χ2v) is 11.6. The van der Waals surface area contributed by atoms with Gasteiger partial charge in [-0.05, 0) is 90.0 Å². The van der Waals surface area contributed by atoms with Crippen LogP contribution >= 0.6 is 22.6 Å². The Morgan fingerprint density at radius 2 is 1.66 bits per heavy atom. The second-order valence-electron chi connectivity index (χ2n) is 8.49. The van der Waals surface area contributed by atoms with Crippen molar-refractivity contribution in [2.45, 2.75) is 37.8 Å². The minimum absolute atomic E-state index is 0.0708. The fourth-order valence-electron chi connectivity index (χ4n) is 4.03. The third kappa shape index (κ3) is 7.25. The number of likely N-dealkylation sites (N-methyl/N-ethyl adjacent to an activating group) is 1. The van der Waals surface area contributed by atoms with E-state index in [0.717, 1.165) is 13.4 Å². The Morgan fingerprint density at radius 1 is 0.974 bits per heavy atom. The van der Waals surface area contributed by atoms with Gasteiger partial charge in [0.15, 0.2) is 0 Å². The Morgan fingerprint density at radius 3 is 2.26 bits per heavy atom. The smallest absolute Gasteiger partial charge is 0.264 e. The molecule has 0 spiro atoms. The molecule has 1 atom stereocenters. The molecule has 3 aromatic rings. The number of rotatable bonds is 12. The Bertz CT molecular complexity index is 1330. The van der Waals surface area contributed by atoms with Gasteiger partial charge in [-0.25, -0.2) is 8.42 Å². The van der Waals surface area contributed by atoms with Crippen molar-refractivity contribution in [3.63, 3.8) is 0 Å². The van der Waals surface area contributed by atoms with E-state index in [1.165, 1.54) is 17.0 Å². The standard InChI is InChI=1S/C28H32IN3O5S/c1-4-26(28(34)30-5-2)31(19-21-10-9-11-24(18-21)37-3)27(33)20-32(23-16-14-22(29)15-17-23)38(35,36)25-12-7-6-8-13-25/h6-18,26H,4-5,19-20H2,1-3H3,(H,30,34). The lowest BCUT2D eigenvalue weighted by Crippen LogP contribution is -2.52. The molecular formula is C28H32IN3O5S. The molecule has 0 aliphatic carbocycles. The molecule has 3 aromatic carbocycles. The average molecular weight is 650 g/mol. The van der Waals surface area contributed by atoms with Crippen LogP contribution in [0.5, 0.6) is 5.75 Å². The van der Waals surface area contributed by atoms with Gasteiger partial charge in [0, 0.05) is 16.7 Å². The number of hydrogen-bond acceptors (Lipinski definition) is 5. The summed E-state index contributed by atoms with van der Waals surface area (Å²) in [4.78, 5) is 28.4. The van der Waals surface area contributed by atoms with Gasteiger partial charge in [0.1, 0.15) is 18.3 Å². The number of nitrogens with zero attached hydrogens (tertiary/aromatic N) is 2. The van der Waals surface area contributed by atoms with E-state index in [-0.39, 0.29) is 17.3 Å². The van der Waals surface area contributed by atoms with Crippen LogP contribution in [0.25, 0.3) is 0 Å². The van der Waals surface area contributed by atoms with E-state index in [2.05, 4.69) is 27.9 Å². The molecule has 0 fully saturated rings. The molecule has 1 unspecified atom stereocenters. The number of anilines is 1. The third-order valence-corrected chi connectivity index (χ3v) is 8.46. The van der Waals surface area contributed by atoms with Crippen LogP contribution in [-0.2, 0) is 26.2 Å². The van der Waals surface area contributed by atoms with Crippen molar-refractivity contribution in [3.05, 3.63) is 88.0 Å². The summed E-state index contributed by atoms with van der Waals surface area (Å²) in [6, 6.07) is 21.4. The van der Waals surface area contributed by atoms with Crippen molar-refractivity contribution in [3.8, 4) is 5.75 Å². The van der Waals surface area contributed by atoms with Crippen LogP contribution < -0.4 is 14.4 Å². The first-order chi connectivity index (χ1) is 18.2. The van der Waals surface area contributed by atoms with E-state index in [9.17, 15) is 18.0 Å². The molecule has 0 saturated carbocycles. The van der Waals surface area contributed by atoms with Crippen molar-refractivity contribution in [1.29, 1.82) is 0 Å². The molecule has 0 saturated heterocycles. The Labute approximate surface area is 238 Å². The van der Waals surface area contributed by atoms with Crippen LogP contribution in [0.4, 0.5) is 5.69 Å². The topological polar surface area (TPSA) is 96.0 Å². The number of hydrogen-bond donors (Lipinski definition) is 1. The third-order valence-electron chi connectivity index (χ3n) is 5.95. The summed E-state index contributed by atoms with van der Waals surface area (Å²) in [6.07, 6.45) is 0.358. The van der Waals surface area contributed by atoms with Gasteiger partial charge in [-0.15, -0.1) is 0 Å². The lowest BCUT2D eigenvalue weighted by molar-refractivity contribution is -0.140. The minimum Gasteiger partial charge on any atom is -0.497 e. The highest BCUT2D eigenvalue weighted by atomic mass is 127. The lowest BCUT2D eigenvalue weighted by Gasteiger charge is -2.33. The van der Waals surface area contributed by atoms with Crippen molar-refractivity contribution >= 4 is 50.1 Å². The van der Waals surface area contributed by atoms with Crippen LogP contribution in [0.1, 0.15) is 25.8 Å². The average Bonchev–Trinajstić information content (AvgIpc) is 2.92. The van der Waals surface area contributed by atoms with Gasteiger partial charge in [0.25, 0.3) is 10.0 Å². The zero-order valence-corrected chi connectivity index (χ0v) is 24.6. The van der Waals surface area contributed by atoms with Crippen LogP contribution in [0, 0.1) is 3.57 Å². The summed E-state index contributed by atoms with van der Waals surface area (Å²) >= 11 is 2.14. The normalized spacial score (nSPS) is 11.9. The van der Waals surface area contributed by atoms with E-state index < -0.39 is 28.5 Å². The molecule has 2 amide bonds. The lowest BCUT2D eigenvalue weighted by atomic mass is 10.1. The first-order valence-corrected chi connectivity index (χ1v) is 14.8. The van der Waals surface area contributed by atoms with Gasteiger partial charge in [0.05, 0.1) is 17.7 Å². The molecule has 8 nitrogen and oxygen atoms in total. The molecule has 0 aromatic heterocycles. The van der Waals surface area contributed by atoms with Gasteiger partial charge in [0.2, 0.25) is 11.8 Å². The van der Waals surface area contributed by atoms with Crippen molar-refractivity contribution in [2.75, 3.05) is 24.5 Å². The number of benzene rings is 3. The van der Waals surface area contributed by atoms with Crippen molar-refractivity contribution < 1.29 is 22.7 Å². The van der Waals surface area contributed by atoms with Gasteiger partial charge in [-0.1, -0.05) is 37.3 Å². The van der Waals surface area contributed by atoms with E-state index in [1.807, 2.05) is 26.0 Å². The molecule has 0 aliphatic rings. The number of sulfonamides is 1. The molecule has 0 aliphatic heterocycles. The predicted molar refractivity (Wildman–Crippen MR) is 156 cm³/mol. The quantitative estimate of drug-likeness (QED) is 0.293. The molecule has 0 heterocycles. The number of halogens is 1. The maximum absolute atomic E-state index is 13.9. The summed E-state index contributed by atoms with van der Waals surface area (Å²) < 4.78 is 34.9. The highest BCUT2D eigenvalue weighted by Gasteiger charge is 2.33. The van der Waals surface area contributed by atoms with Crippen molar-refractivity contribution in [1.82, 2.24) is 10.2 Å². The number of nitrogens with one attached hydrogen (secondary N) is 1. The SMILES string of the molecule is CCNC(=O)C(CC)N(Cc1cccc(OC)c1)C(=O)CN(c1ccc(I)cc1)S(=O)(=O)c1ccccc1. The fourth-order valence-corrected chi connectivity index (χ4v) is 5.83. The van der Waals surface area contributed by atoms with Gasteiger partial charge in [-0.2, -0.15) is 0 Å². The predicted octanol–water partition coefficient (Wildman–Crippen LogP) is 4.44. The highest BCUT2D eigenvalue weighted by molar-refractivity contribution is 14.1. The van der Waals surface area contributed by atoms with Gasteiger partial charge < -0.3 is 15.0 Å². The minimum atomic E-state index is -4.08. The summed E-state index contributed by atoms with van der Waals surface area (Å²) in [5.74, 6) is -0.171. The van der Waals surface area contributed by atoms with E-state index in [4.69, 9.17) is 4.74 Å². The Hall–Kier alpha value is -3.12. The Balaban J connectivity index is 2.05. The fraction of sp³-hybridized carbons (Fsp3) is 0.286. The second kappa shape index (κ2) is 13.6. The molecule has 0 radical (unpaired) electrons. The van der Waals surface area contributed by atoms with Crippen LogP contribution in [0.3, 0.4) is 0 Å². The zero-order chi connectivity index (χ0) is 27.7. The summed E-state index contributed by atoms with van der Waals surface area (Å²) in [6.45, 7) is 3.68. The molecule has 10 heteroatoms. The molecular weight excluding hydrogens is 617 g/mol. The largest absolute Gasteiger partial charge is 0.497 e. The van der Waals surface area contributed by atoms with Gasteiger partial charge >= 0.3 is 0 Å². The molecule has 3 rings (SSSR count). The van der Waals surface area contributed by atoms with Crippen LogP contribution in [0.15, 0.2) is 83.8 Å². The molecule has 1 N–H and O–H groups in total. The molecule has 202 valence electrons. The first kappa shape index (κ1) is 29.4. The molecule has 38 heavy (non-hydrogen) atoms. The maximum atomic E-state index is 13.9. The number of carbonyl (C=O) groups excluding carboxylic acids is 2. The number of amides is 2. The number of carbonyl (C=O) groups is 2. The maximum Gasteiger partial charge on any atom is 0.264 e. The first-order valence-electron chi connectivity index (χ1n) is 12.2. The summed E-state index contributed by atoms with van der Waals surface area (Å²) in [5, 5.41) is 2.80. The van der Waals surface area contributed by atoms with Crippen molar-refractivity contribution in [2.24, 2.45) is 0 Å². The van der Waals surface area contributed by atoms with E-state index in [1.54, 1.807) is 61.7 Å². The van der Waals surface area contributed by atoms with Crippen LogP contribution in [0.2, 0.25) is 0 Å². The molecule has 0 bridgehead atoms. The van der Waals surface area contributed by atoms with Gasteiger partial charge in [-0.3, -0.25) is 13.9 Å². The highest BCUT2D eigenvalue weighted by Crippen LogP contribution is 2.26.